The van der Waals surface area contributed by atoms with Crippen LogP contribution < -0.4 is 56.4 Å². The van der Waals surface area contributed by atoms with Gasteiger partial charge in [-0.1, -0.05) is 0 Å². The van der Waals surface area contributed by atoms with Crippen molar-refractivity contribution in [3.05, 3.63) is 24.8 Å². The molecule has 0 aliphatic carbocycles. The van der Waals surface area contributed by atoms with Crippen molar-refractivity contribution in [2.45, 2.75) is 0 Å². The summed E-state index contributed by atoms with van der Waals surface area (Å²) in [6.45, 7) is 0. The Morgan fingerprint density at radius 2 is 1.64 bits per heavy atom. The van der Waals surface area contributed by atoms with E-state index in [1.807, 2.05) is 0 Å². The summed E-state index contributed by atoms with van der Waals surface area (Å²) in [5.41, 5.74) is 0. The minimum atomic E-state index is -1.00. The fourth-order valence-electron chi connectivity index (χ4n) is 0.253. The van der Waals surface area contributed by atoms with E-state index in [4.69, 9.17) is 10.0 Å². The third-order valence-electron chi connectivity index (χ3n) is 0.478. The van der Waals surface area contributed by atoms with Gasteiger partial charge in [-0.25, -0.2) is 9.97 Å². The normalized spacial score (nSPS) is 5.64. The Morgan fingerprint density at radius 3 is 1.73 bits per heavy atom. The number of nitrogens with zero attached hydrogens (tertiary/aromatic N) is 2. The smallest absolute Gasteiger partial charge is 0.859 e. The van der Waals surface area contributed by atoms with Crippen molar-refractivity contribution in [1.82, 2.24) is 9.97 Å². The van der Waals surface area contributed by atoms with Gasteiger partial charge in [-0.2, -0.15) is 0 Å². The molecule has 1 rings (SSSR count). The minimum Gasteiger partial charge on any atom is -0.859 e. The molecule has 0 amide bonds. The molecule has 1 aromatic heterocycles. The summed E-state index contributed by atoms with van der Waals surface area (Å²) < 4.78 is 0. The standard InChI is InChI=1S/C4H4N2.BH2O2.K.H2O/c1-2-5-4-6-3-1;2-1-3;;/h1-4H;1-2H;;1H2/q;-1;+1;. The molecule has 3 N–H and O–H groups in total. The van der Waals surface area contributed by atoms with Crippen LogP contribution >= 0.6 is 0 Å². The number of aromatic nitrogens is 2. The van der Waals surface area contributed by atoms with Crippen LogP contribution in [0.25, 0.3) is 0 Å². The van der Waals surface area contributed by atoms with Crippen LogP contribution in [0.2, 0.25) is 0 Å². The van der Waals surface area contributed by atoms with Gasteiger partial charge in [0.2, 0.25) is 0 Å². The van der Waals surface area contributed by atoms with Crippen LogP contribution in [0.5, 0.6) is 0 Å². The monoisotopic (exact) mass is 182 g/mol. The predicted octanol–water partition coefficient (Wildman–Crippen LogP) is -5.74. The third-order valence-corrected chi connectivity index (χ3v) is 0.478. The van der Waals surface area contributed by atoms with Gasteiger partial charge in [0.15, 0.2) is 7.69 Å². The van der Waals surface area contributed by atoms with Crippen LogP contribution in [-0.4, -0.2) is 28.2 Å². The first-order valence-electron chi connectivity index (χ1n) is 2.30. The Bertz CT molecular complexity index is 106. The largest absolute Gasteiger partial charge is 1.00 e. The second kappa shape index (κ2) is 17.0. The Labute approximate surface area is 108 Å². The van der Waals surface area contributed by atoms with Crippen molar-refractivity contribution in [1.29, 1.82) is 0 Å². The molecule has 0 saturated carbocycles. The summed E-state index contributed by atoms with van der Waals surface area (Å²) in [5, 5.41) is 15.5. The average Bonchev–Trinajstić information content (AvgIpc) is 1.93. The van der Waals surface area contributed by atoms with Crippen molar-refractivity contribution < 1.29 is 66.9 Å². The van der Waals surface area contributed by atoms with Gasteiger partial charge < -0.3 is 15.5 Å². The average molecular weight is 182 g/mol. The minimum absolute atomic E-state index is 0. The zero-order chi connectivity index (χ0) is 6.95. The number of hydrogen-bond acceptors (Lipinski definition) is 4. The molecular formula is C4H8BKN2O3. The molecule has 1 heterocycles. The summed E-state index contributed by atoms with van der Waals surface area (Å²) in [4.78, 5) is 7.35. The fourth-order valence-corrected chi connectivity index (χ4v) is 0.253. The van der Waals surface area contributed by atoms with Crippen molar-refractivity contribution in [3.63, 3.8) is 0 Å². The first kappa shape index (κ1) is 17.7. The van der Waals surface area contributed by atoms with Gasteiger partial charge >= 0.3 is 51.4 Å². The SMILES string of the molecule is O.[K+].[O-]BO.c1cncnc1. The Balaban J connectivity index is -0.000000116. The number of hydrogen-bond donors (Lipinski definition) is 1. The van der Waals surface area contributed by atoms with E-state index in [1.165, 1.54) is 6.33 Å². The first-order valence-corrected chi connectivity index (χ1v) is 2.30. The van der Waals surface area contributed by atoms with Crippen molar-refractivity contribution >= 4 is 7.69 Å². The molecular weight excluding hydrogens is 174 g/mol. The number of rotatable bonds is 0. The van der Waals surface area contributed by atoms with E-state index in [1.54, 1.807) is 18.5 Å². The predicted molar refractivity (Wildman–Crippen MR) is 35.0 cm³/mol. The van der Waals surface area contributed by atoms with Gasteiger partial charge in [-0.3, -0.25) is 0 Å². The van der Waals surface area contributed by atoms with Crippen molar-refractivity contribution in [3.8, 4) is 0 Å². The molecule has 0 aromatic carbocycles. The van der Waals surface area contributed by atoms with Crippen LogP contribution in [0, 0.1) is 0 Å². The molecule has 11 heavy (non-hydrogen) atoms. The first-order chi connectivity index (χ1) is 4.41. The molecule has 5 nitrogen and oxygen atoms in total. The molecule has 1 aromatic rings. The van der Waals surface area contributed by atoms with Gasteiger partial charge in [0.25, 0.3) is 0 Å². The van der Waals surface area contributed by atoms with E-state index < -0.39 is 7.69 Å². The summed E-state index contributed by atoms with van der Waals surface area (Å²) in [6, 6.07) is 1.78. The molecule has 0 aliphatic rings. The van der Waals surface area contributed by atoms with E-state index in [-0.39, 0.29) is 56.9 Å². The molecule has 0 spiro atoms. The van der Waals surface area contributed by atoms with Crippen LogP contribution in [0.4, 0.5) is 0 Å². The second-order valence-electron chi connectivity index (χ2n) is 1.03. The quantitative estimate of drug-likeness (QED) is 0.404. The molecule has 0 radical (unpaired) electrons. The fraction of sp³-hybridized carbons (Fsp3) is 0. The Morgan fingerprint density at radius 1 is 1.27 bits per heavy atom. The molecule has 7 heteroatoms. The molecule has 0 unspecified atom stereocenters. The zero-order valence-electron chi connectivity index (χ0n) is 6.27. The molecule has 0 aliphatic heterocycles. The Kier molecular flexibility index (Phi) is 27.2. The van der Waals surface area contributed by atoms with Crippen LogP contribution in [0.1, 0.15) is 0 Å². The van der Waals surface area contributed by atoms with E-state index in [0.717, 1.165) is 0 Å². The van der Waals surface area contributed by atoms with E-state index in [0.29, 0.717) is 0 Å². The van der Waals surface area contributed by atoms with Crippen LogP contribution in [0.3, 0.4) is 0 Å². The topological polar surface area (TPSA) is 101 Å². The maximum Gasteiger partial charge on any atom is 1.00 e. The van der Waals surface area contributed by atoms with Gasteiger partial charge in [0.1, 0.15) is 6.33 Å². The van der Waals surface area contributed by atoms with Gasteiger partial charge in [-0.05, 0) is 6.07 Å². The molecule has 56 valence electrons. The molecule has 0 saturated heterocycles. The molecule has 0 bridgehead atoms. The van der Waals surface area contributed by atoms with E-state index in [2.05, 4.69) is 9.97 Å². The third kappa shape index (κ3) is 18.0. The van der Waals surface area contributed by atoms with Gasteiger partial charge in [-0.15, -0.1) is 0 Å². The zero-order valence-corrected chi connectivity index (χ0v) is 9.39. The van der Waals surface area contributed by atoms with E-state index >= 15 is 0 Å². The summed E-state index contributed by atoms with van der Waals surface area (Å²) in [6.07, 6.45) is 4.88. The van der Waals surface area contributed by atoms with Crippen molar-refractivity contribution in [2.24, 2.45) is 0 Å². The second-order valence-corrected chi connectivity index (χ2v) is 1.03. The van der Waals surface area contributed by atoms with Gasteiger partial charge in [0, 0.05) is 12.4 Å². The van der Waals surface area contributed by atoms with E-state index in [9.17, 15) is 0 Å². The summed E-state index contributed by atoms with van der Waals surface area (Å²) in [5.74, 6) is 0. The Hall–Kier alpha value is 0.661. The summed E-state index contributed by atoms with van der Waals surface area (Å²) >= 11 is 0. The molecule has 0 atom stereocenters. The maximum absolute atomic E-state index is 8.49. The maximum atomic E-state index is 8.49. The summed E-state index contributed by atoms with van der Waals surface area (Å²) in [7, 11) is -1.00. The van der Waals surface area contributed by atoms with Gasteiger partial charge in [0.05, 0.1) is 0 Å². The molecule has 0 fully saturated rings. The van der Waals surface area contributed by atoms with Crippen molar-refractivity contribution in [2.75, 3.05) is 0 Å². The van der Waals surface area contributed by atoms with Crippen LogP contribution in [-0.2, 0) is 0 Å². The van der Waals surface area contributed by atoms with Crippen LogP contribution in [0.15, 0.2) is 24.8 Å².